The zero-order valence-corrected chi connectivity index (χ0v) is 13.9. The molecule has 0 aromatic carbocycles. The highest BCUT2D eigenvalue weighted by molar-refractivity contribution is 5.93. The van der Waals surface area contributed by atoms with E-state index in [9.17, 15) is 9.59 Å². The van der Waals surface area contributed by atoms with Crippen LogP contribution < -0.4 is 4.74 Å². The lowest BCUT2D eigenvalue weighted by Crippen LogP contribution is -2.44. The molecule has 0 radical (unpaired) electrons. The lowest BCUT2D eigenvalue weighted by Gasteiger charge is -2.36. The van der Waals surface area contributed by atoms with Crippen LogP contribution in [0.3, 0.4) is 0 Å². The van der Waals surface area contributed by atoms with Gasteiger partial charge in [-0.15, -0.1) is 0 Å². The Morgan fingerprint density at radius 3 is 2.78 bits per heavy atom. The normalized spacial score (nSPS) is 20.7. The van der Waals surface area contributed by atoms with Crippen LogP contribution in [0.5, 0.6) is 5.88 Å². The van der Waals surface area contributed by atoms with Crippen molar-refractivity contribution in [1.29, 1.82) is 0 Å². The Labute approximate surface area is 136 Å². The minimum absolute atomic E-state index is 0.181. The van der Waals surface area contributed by atoms with Crippen LogP contribution >= 0.6 is 0 Å². The van der Waals surface area contributed by atoms with Crippen molar-refractivity contribution >= 4 is 11.9 Å². The molecule has 0 bridgehead atoms. The third-order valence-corrected chi connectivity index (χ3v) is 4.47. The Bertz CT molecular complexity index is 561. The summed E-state index contributed by atoms with van der Waals surface area (Å²) in [5, 5.41) is 0. The van der Waals surface area contributed by atoms with Gasteiger partial charge in [-0.1, -0.05) is 19.8 Å². The van der Waals surface area contributed by atoms with Gasteiger partial charge in [-0.3, -0.25) is 4.79 Å². The number of aromatic nitrogens is 1. The van der Waals surface area contributed by atoms with Crippen molar-refractivity contribution in [3.63, 3.8) is 0 Å². The van der Waals surface area contributed by atoms with Crippen LogP contribution in [-0.2, 0) is 9.53 Å². The Hall–Kier alpha value is -2.11. The number of esters is 1. The molecule has 1 amide bonds. The van der Waals surface area contributed by atoms with Gasteiger partial charge in [0.15, 0.2) is 6.61 Å². The molecule has 2 rings (SSSR count). The molecule has 1 aromatic rings. The zero-order valence-electron chi connectivity index (χ0n) is 13.9. The molecule has 1 heterocycles. The first kappa shape index (κ1) is 17.2. The summed E-state index contributed by atoms with van der Waals surface area (Å²) in [6.45, 7) is 1.90. The van der Waals surface area contributed by atoms with E-state index in [0.717, 1.165) is 19.3 Å². The maximum absolute atomic E-state index is 12.3. The van der Waals surface area contributed by atoms with E-state index in [1.165, 1.54) is 19.7 Å². The topological polar surface area (TPSA) is 68.7 Å². The monoisotopic (exact) mass is 320 g/mol. The van der Waals surface area contributed by atoms with Crippen molar-refractivity contribution in [2.24, 2.45) is 5.92 Å². The highest BCUT2D eigenvalue weighted by atomic mass is 16.5. The molecule has 0 unspecified atom stereocenters. The fourth-order valence-corrected chi connectivity index (χ4v) is 3.07. The van der Waals surface area contributed by atoms with Crippen molar-refractivity contribution < 1.29 is 19.1 Å². The Balaban J connectivity index is 1.91. The predicted octanol–water partition coefficient (Wildman–Crippen LogP) is 2.28. The van der Waals surface area contributed by atoms with Crippen molar-refractivity contribution in [3.8, 4) is 5.88 Å². The van der Waals surface area contributed by atoms with Gasteiger partial charge in [-0.05, 0) is 30.9 Å². The smallest absolute Gasteiger partial charge is 0.344 e. The van der Waals surface area contributed by atoms with E-state index >= 15 is 0 Å². The molecule has 1 aliphatic carbocycles. The second-order valence-corrected chi connectivity index (χ2v) is 5.97. The number of likely N-dealkylation sites (N-methyl/N-ethyl adjacent to an activating group) is 1. The summed E-state index contributed by atoms with van der Waals surface area (Å²) < 4.78 is 10.2. The van der Waals surface area contributed by atoms with Crippen molar-refractivity contribution in [2.75, 3.05) is 20.8 Å². The molecule has 6 heteroatoms. The van der Waals surface area contributed by atoms with E-state index in [0.29, 0.717) is 5.92 Å². The maximum atomic E-state index is 12.3. The summed E-state index contributed by atoms with van der Waals surface area (Å²) in [6.07, 6.45) is 6.02. The minimum Gasteiger partial charge on any atom is -0.480 e. The summed E-state index contributed by atoms with van der Waals surface area (Å²) in [5.74, 6) is -0.112. The predicted molar refractivity (Wildman–Crippen MR) is 85.3 cm³/mol. The molecule has 1 saturated carbocycles. The standard InChI is InChI=1S/C17H24N2O4/c1-12-7-4-5-9-14(12)19(2)15(20)11-23-17(21)13-8-6-10-18-16(13)22-3/h6,8,10,12,14H,4-5,7,9,11H2,1-3H3/t12-,14-/m0/s1. The molecular formula is C17H24N2O4. The number of carbonyl (C=O) groups is 2. The molecule has 1 fully saturated rings. The number of nitrogens with zero attached hydrogens (tertiary/aromatic N) is 2. The van der Waals surface area contributed by atoms with Crippen LogP contribution in [0, 0.1) is 5.92 Å². The Morgan fingerprint density at radius 1 is 1.35 bits per heavy atom. The third kappa shape index (κ3) is 4.21. The van der Waals surface area contributed by atoms with Gasteiger partial charge in [0.2, 0.25) is 5.88 Å². The van der Waals surface area contributed by atoms with Gasteiger partial charge in [0.25, 0.3) is 5.91 Å². The van der Waals surface area contributed by atoms with Gasteiger partial charge in [0.1, 0.15) is 5.56 Å². The number of rotatable bonds is 5. The van der Waals surface area contributed by atoms with Crippen molar-refractivity contribution in [2.45, 2.75) is 38.6 Å². The van der Waals surface area contributed by atoms with E-state index in [4.69, 9.17) is 9.47 Å². The first-order chi connectivity index (χ1) is 11.0. The molecule has 6 nitrogen and oxygen atoms in total. The molecule has 0 N–H and O–H groups in total. The molecule has 2 atom stereocenters. The summed E-state index contributed by atoms with van der Waals surface area (Å²) in [6, 6.07) is 3.41. The first-order valence-corrected chi connectivity index (χ1v) is 7.96. The number of ether oxygens (including phenoxy) is 2. The molecule has 1 aliphatic rings. The second kappa shape index (κ2) is 7.94. The van der Waals surface area contributed by atoms with E-state index < -0.39 is 5.97 Å². The number of methoxy groups -OCH3 is 1. The van der Waals surface area contributed by atoms with Gasteiger partial charge in [0, 0.05) is 19.3 Å². The average molecular weight is 320 g/mol. The van der Waals surface area contributed by atoms with E-state index in [1.54, 1.807) is 24.1 Å². The lowest BCUT2D eigenvalue weighted by molar-refractivity contribution is -0.136. The average Bonchev–Trinajstić information content (AvgIpc) is 2.59. The van der Waals surface area contributed by atoms with Gasteiger partial charge in [-0.2, -0.15) is 0 Å². The van der Waals surface area contributed by atoms with Crippen LogP contribution in [0.25, 0.3) is 0 Å². The Morgan fingerprint density at radius 2 is 2.09 bits per heavy atom. The molecule has 0 saturated heterocycles. The molecule has 1 aromatic heterocycles. The number of amides is 1. The first-order valence-electron chi connectivity index (χ1n) is 7.96. The van der Waals surface area contributed by atoms with Gasteiger partial charge in [-0.25, -0.2) is 9.78 Å². The fraction of sp³-hybridized carbons (Fsp3) is 0.588. The van der Waals surface area contributed by atoms with E-state index in [2.05, 4.69) is 11.9 Å². The summed E-state index contributed by atoms with van der Waals surface area (Å²) in [7, 11) is 3.22. The van der Waals surface area contributed by atoms with E-state index in [1.807, 2.05) is 0 Å². The molecule has 0 spiro atoms. The number of hydrogen-bond donors (Lipinski definition) is 0. The highest BCUT2D eigenvalue weighted by Crippen LogP contribution is 2.27. The summed E-state index contributed by atoms with van der Waals surface area (Å²) in [4.78, 5) is 30.0. The number of pyridine rings is 1. The van der Waals surface area contributed by atoms with Crippen molar-refractivity contribution in [3.05, 3.63) is 23.9 Å². The van der Waals surface area contributed by atoms with Crippen LogP contribution in [0.4, 0.5) is 0 Å². The molecule has 23 heavy (non-hydrogen) atoms. The molecule has 0 aliphatic heterocycles. The lowest BCUT2D eigenvalue weighted by atomic mass is 9.85. The van der Waals surface area contributed by atoms with Crippen LogP contribution in [0.2, 0.25) is 0 Å². The van der Waals surface area contributed by atoms with Gasteiger partial charge < -0.3 is 14.4 Å². The van der Waals surface area contributed by atoms with Crippen molar-refractivity contribution in [1.82, 2.24) is 9.88 Å². The highest BCUT2D eigenvalue weighted by Gasteiger charge is 2.28. The maximum Gasteiger partial charge on any atom is 0.344 e. The minimum atomic E-state index is -0.603. The largest absolute Gasteiger partial charge is 0.480 e. The Kier molecular flexibility index (Phi) is 5.96. The van der Waals surface area contributed by atoms with Crippen LogP contribution in [0.15, 0.2) is 18.3 Å². The summed E-state index contributed by atoms with van der Waals surface area (Å²) in [5.41, 5.74) is 0.219. The van der Waals surface area contributed by atoms with Crippen LogP contribution in [-0.4, -0.2) is 48.6 Å². The van der Waals surface area contributed by atoms with Gasteiger partial charge in [0.05, 0.1) is 7.11 Å². The number of carbonyl (C=O) groups excluding carboxylic acids is 2. The molecular weight excluding hydrogens is 296 g/mol. The number of hydrogen-bond acceptors (Lipinski definition) is 5. The fourth-order valence-electron chi connectivity index (χ4n) is 3.07. The van der Waals surface area contributed by atoms with Gasteiger partial charge >= 0.3 is 5.97 Å². The third-order valence-electron chi connectivity index (χ3n) is 4.47. The second-order valence-electron chi connectivity index (χ2n) is 5.97. The SMILES string of the molecule is COc1ncccc1C(=O)OCC(=O)N(C)[C@H]1CCCC[C@@H]1C. The zero-order chi connectivity index (χ0) is 16.8. The van der Waals surface area contributed by atoms with Crippen LogP contribution in [0.1, 0.15) is 43.0 Å². The van der Waals surface area contributed by atoms with E-state index in [-0.39, 0.29) is 30.0 Å². The molecule has 126 valence electrons. The summed E-state index contributed by atoms with van der Waals surface area (Å²) >= 11 is 0. The quantitative estimate of drug-likeness (QED) is 0.779.